The molecule has 0 fully saturated rings. The Hall–Kier alpha value is -3.93. The van der Waals surface area contributed by atoms with Crippen molar-refractivity contribution in [2.45, 2.75) is 258 Å². The van der Waals surface area contributed by atoms with Crippen LogP contribution in [-0.2, 0) is 28.6 Å². The average Bonchev–Trinajstić information content (AvgIpc) is 3.35. The van der Waals surface area contributed by atoms with Crippen LogP contribution in [-0.4, -0.2) is 37.2 Å². The van der Waals surface area contributed by atoms with Gasteiger partial charge in [-0.3, -0.25) is 14.4 Å². The maximum Gasteiger partial charge on any atom is 0.306 e. The lowest BCUT2D eigenvalue weighted by Crippen LogP contribution is -2.30. The van der Waals surface area contributed by atoms with Gasteiger partial charge < -0.3 is 14.2 Å². The summed E-state index contributed by atoms with van der Waals surface area (Å²) in [5.74, 6) is -1.02. The Kier molecular flexibility index (Phi) is 53.4. The number of unbranched alkanes of at least 4 members (excludes halogenated alkanes) is 21. The molecule has 0 aromatic rings. The largest absolute Gasteiger partial charge is 0.462 e. The first kappa shape index (κ1) is 65.1. The fourth-order valence-corrected chi connectivity index (χ4v) is 7.48. The van der Waals surface area contributed by atoms with Crippen molar-refractivity contribution in [1.29, 1.82) is 0 Å². The molecule has 0 aliphatic heterocycles. The zero-order chi connectivity index (χ0) is 50.0. The van der Waals surface area contributed by atoms with E-state index >= 15 is 0 Å². The third-order valence-electron chi connectivity index (χ3n) is 11.7. The summed E-state index contributed by atoms with van der Waals surface area (Å²) in [7, 11) is 0. The first-order valence-corrected chi connectivity index (χ1v) is 28.4. The topological polar surface area (TPSA) is 78.9 Å². The van der Waals surface area contributed by atoms with E-state index in [2.05, 4.69) is 130 Å². The van der Waals surface area contributed by atoms with Crippen molar-refractivity contribution in [2.24, 2.45) is 0 Å². The fraction of sp³-hybridized carbons (Fsp3) is 0.667. The summed E-state index contributed by atoms with van der Waals surface area (Å²) in [6.45, 7) is 6.41. The Balaban J connectivity index is 4.52. The van der Waals surface area contributed by atoms with Crippen molar-refractivity contribution in [3.8, 4) is 0 Å². The molecule has 0 rings (SSSR count). The van der Waals surface area contributed by atoms with Gasteiger partial charge in [0.1, 0.15) is 13.2 Å². The zero-order valence-electron chi connectivity index (χ0n) is 44.8. The SMILES string of the molecule is CC/C=C\C/C=C\C/C=C\C/C=C\CCCCC(=O)OC[C@H](COC(=O)CCCCCCCCCCC/C=C\C/C=C\CCCCC)OC(=O)CCC/C=C\C/C=C\C/C=C\CCCCCCCC. The Morgan fingerprint density at radius 2 is 0.580 bits per heavy atom. The molecule has 1 atom stereocenters. The van der Waals surface area contributed by atoms with Crippen molar-refractivity contribution in [1.82, 2.24) is 0 Å². The van der Waals surface area contributed by atoms with E-state index in [1.54, 1.807) is 0 Å². The van der Waals surface area contributed by atoms with Crippen LogP contribution in [0, 0.1) is 0 Å². The molecule has 0 aromatic carbocycles. The van der Waals surface area contributed by atoms with Crippen LogP contribution in [0.15, 0.2) is 109 Å². The van der Waals surface area contributed by atoms with E-state index in [-0.39, 0.29) is 37.5 Å². The molecule has 0 heterocycles. The van der Waals surface area contributed by atoms with Crippen LogP contribution in [0.25, 0.3) is 0 Å². The molecule has 0 aliphatic carbocycles. The summed E-state index contributed by atoms with van der Waals surface area (Å²) in [6, 6.07) is 0. The standard InChI is InChI=1S/C63H104O6/c1-4-7-10-13-16-19-22-25-28-30-31-33-35-38-41-44-47-50-53-56-62(65)68-59-60(58-67-61(64)55-52-49-46-43-40-37-34-27-24-21-18-15-12-9-6-3)69-63(66)57-54-51-48-45-42-39-36-32-29-26-23-20-17-14-11-8-5-2/h9,12,16,18-19,21,25-29,34,36,39-40,43,45,48,60H,4-8,10-11,13-15,17,20,22-24,30-33,35,37-38,41-42,44,46-47,49-59H2,1-3H3/b12-9-,19-16-,21-18-,28-25-,29-26-,34-27-,39-36-,43-40-,48-45-/t60-/m1/s1. The van der Waals surface area contributed by atoms with E-state index in [0.717, 1.165) is 83.5 Å². The molecule has 0 aromatic heterocycles. The highest BCUT2D eigenvalue weighted by Gasteiger charge is 2.19. The second-order valence-corrected chi connectivity index (χ2v) is 18.5. The van der Waals surface area contributed by atoms with Crippen LogP contribution in [0.2, 0.25) is 0 Å². The van der Waals surface area contributed by atoms with Gasteiger partial charge in [-0.1, -0.05) is 220 Å². The van der Waals surface area contributed by atoms with Crippen LogP contribution in [0.5, 0.6) is 0 Å². The minimum absolute atomic E-state index is 0.115. The van der Waals surface area contributed by atoms with Gasteiger partial charge in [0, 0.05) is 19.3 Å². The summed E-state index contributed by atoms with van der Waals surface area (Å²) in [4.78, 5) is 38.1. The highest BCUT2D eigenvalue weighted by atomic mass is 16.6. The van der Waals surface area contributed by atoms with Crippen LogP contribution in [0.4, 0.5) is 0 Å². The molecular weight excluding hydrogens is 853 g/mol. The summed E-state index contributed by atoms with van der Waals surface area (Å²) >= 11 is 0. The third kappa shape index (κ3) is 54.9. The molecule has 0 N–H and O–H groups in total. The molecule has 6 nitrogen and oxygen atoms in total. The number of hydrogen-bond acceptors (Lipinski definition) is 6. The smallest absolute Gasteiger partial charge is 0.306 e. The Morgan fingerprint density at radius 3 is 0.986 bits per heavy atom. The molecule has 0 bridgehead atoms. The van der Waals surface area contributed by atoms with Crippen molar-refractivity contribution in [3.63, 3.8) is 0 Å². The maximum absolute atomic E-state index is 12.8. The van der Waals surface area contributed by atoms with Gasteiger partial charge >= 0.3 is 17.9 Å². The third-order valence-corrected chi connectivity index (χ3v) is 11.7. The van der Waals surface area contributed by atoms with Gasteiger partial charge in [-0.15, -0.1) is 0 Å². The monoisotopic (exact) mass is 957 g/mol. The lowest BCUT2D eigenvalue weighted by atomic mass is 10.1. The lowest BCUT2D eigenvalue weighted by Gasteiger charge is -2.18. The van der Waals surface area contributed by atoms with Crippen LogP contribution >= 0.6 is 0 Å². The molecule has 0 aliphatic rings. The first-order valence-electron chi connectivity index (χ1n) is 28.4. The number of carbonyl (C=O) groups excluding carboxylic acids is 3. The zero-order valence-corrected chi connectivity index (χ0v) is 44.8. The quantitative estimate of drug-likeness (QED) is 0.0262. The second kappa shape index (κ2) is 56.7. The number of esters is 3. The summed E-state index contributed by atoms with van der Waals surface area (Å²) in [5, 5.41) is 0. The Bertz CT molecular complexity index is 1420. The summed E-state index contributed by atoms with van der Waals surface area (Å²) < 4.78 is 16.8. The highest BCUT2D eigenvalue weighted by molar-refractivity contribution is 5.71. The number of hydrogen-bond donors (Lipinski definition) is 0. The van der Waals surface area contributed by atoms with Crippen LogP contribution in [0.3, 0.4) is 0 Å². The molecule has 0 radical (unpaired) electrons. The molecule has 392 valence electrons. The molecule has 0 amide bonds. The van der Waals surface area contributed by atoms with E-state index in [9.17, 15) is 14.4 Å². The first-order chi connectivity index (χ1) is 34.0. The molecule has 69 heavy (non-hydrogen) atoms. The number of allylic oxidation sites excluding steroid dienone is 18. The van der Waals surface area contributed by atoms with Crippen molar-refractivity contribution >= 4 is 17.9 Å². The molecule has 0 saturated carbocycles. The Labute approximate surface area is 425 Å². The summed E-state index contributed by atoms with van der Waals surface area (Å²) in [5.41, 5.74) is 0. The van der Waals surface area contributed by atoms with Gasteiger partial charge in [-0.2, -0.15) is 0 Å². The van der Waals surface area contributed by atoms with Crippen molar-refractivity contribution in [2.75, 3.05) is 13.2 Å². The van der Waals surface area contributed by atoms with Crippen molar-refractivity contribution < 1.29 is 28.6 Å². The predicted octanol–water partition coefficient (Wildman–Crippen LogP) is 19.1. The number of ether oxygens (including phenoxy) is 3. The Morgan fingerprint density at radius 1 is 0.304 bits per heavy atom. The number of rotatable bonds is 50. The second-order valence-electron chi connectivity index (χ2n) is 18.5. The van der Waals surface area contributed by atoms with Gasteiger partial charge in [0.05, 0.1) is 0 Å². The molecule has 0 unspecified atom stereocenters. The molecule has 6 heteroatoms. The van der Waals surface area contributed by atoms with Crippen LogP contribution in [0.1, 0.15) is 252 Å². The van der Waals surface area contributed by atoms with E-state index in [0.29, 0.717) is 25.7 Å². The molecule has 0 saturated heterocycles. The molecule has 0 spiro atoms. The van der Waals surface area contributed by atoms with Gasteiger partial charge in [-0.25, -0.2) is 0 Å². The van der Waals surface area contributed by atoms with Gasteiger partial charge in [0.15, 0.2) is 6.10 Å². The van der Waals surface area contributed by atoms with E-state index in [1.807, 2.05) is 0 Å². The molecular formula is C63H104O6. The van der Waals surface area contributed by atoms with E-state index in [1.165, 1.54) is 116 Å². The maximum atomic E-state index is 12.8. The van der Waals surface area contributed by atoms with Crippen molar-refractivity contribution in [3.05, 3.63) is 109 Å². The lowest BCUT2D eigenvalue weighted by molar-refractivity contribution is -0.167. The van der Waals surface area contributed by atoms with Gasteiger partial charge in [0.2, 0.25) is 0 Å². The minimum atomic E-state index is -0.825. The predicted molar refractivity (Wildman–Crippen MR) is 297 cm³/mol. The van der Waals surface area contributed by atoms with Gasteiger partial charge in [0.25, 0.3) is 0 Å². The highest BCUT2D eigenvalue weighted by Crippen LogP contribution is 2.14. The normalized spacial score (nSPS) is 12.9. The van der Waals surface area contributed by atoms with Gasteiger partial charge in [-0.05, 0) is 122 Å². The minimum Gasteiger partial charge on any atom is -0.462 e. The van der Waals surface area contributed by atoms with E-state index < -0.39 is 6.10 Å². The average molecular weight is 958 g/mol. The van der Waals surface area contributed by atoms with E-state index in [4.69, 9.17) is 14.2 Å². The fourth-order valence-electron chi connectivity index (χ4n) is 7.48. The summed E-state index contributed by atoms with van der Waals surface area (Å²) in [6.07, 6.45) is 76.6. The number of carbonyl (C=O) groups is 3. The van der Waals surface area contributed by atoms with Crippen LogP contribution < -0.4 is 0 Å².